The van der Waals surface area contributed by atoms with Crippen LogP contribution in [0.4, 0.5) is 0 Å². The first-order valence-electron chi connectivity index (χ1n) is 3.74. The Balaban J connectivity index is 3.08. The van der Waals surface area contributed by atoms with Crippen LogP contribution in [0.25, 0.3) is 5.57 Å². The second kappa shape index (κ2) is 4.58. The molecule has 0 aliphatic rings. The van der Waals surface area contributed by atoms with Crippen LogP contribution < -0.4 is 0 Å². The smallest absolute Gasteiger partial charge is 0.245 e. The first-order valence-corrected chi connectivity index (χ1v) is 4.91. The van der Waals surface area contributed by atoms with Crippen LogP contribution >= 0.6 is 27.5 Å². The summed E-state index contributed by atoms with van der Waals surface area (Å²) >= 11 is 8.64. The summed E-state index contributed by atoms with van der Waals surface area (Å²) in [6.07, 6.45) is 1.40. The molecule has 0 spiro atoms. The van der Waals surface area contributed by atoms with E-state index in [1.165, 1.54) is 6.08 Å². The van der Waals surface area contributed by atoms with Gasteiger partial charge in [-0.1, -0.05) is 34.1 Å². The molecule has 0 N–H and O–H groups in total. The molecule has 0 atom stereocenters. The Morgan fingerprint density at radius 1 is 1.46 bits per heavy atom. The normalized spacial score (nSPS) is 11.5. The molecule has 0 heterocycles. The second-order valence-corrected chi connectivity index (χ2v) is 3.84. The van der Waals surface area contributed by atoms with Gasteiger partial charge < -0.3 is 0 Å². The Labute approximate surface area is 90.5 Å². The van der Waals surface area contributed by atoms with Crippen LogP contribution in [0.5, 0.6) is 0 Å². The fraction of sp³-hybridized carbons (Fsp3) is 0.100. The zero-order valence-corrected chi connectivity index (χ0v) is 9.39. The lowest BCUT2D eigenvalue weighted by Gasteiger charge is -2.02. The molecule has 13 heavy (non-hydrogen) atoms. The Morgan fingerprint density at radius 3 is 2.62 bits per heavy atom. The summed E-state index contributed by atoms with van der Waals surface area (Å²) in [7, 11) is 0. The monoisotopic (exact) mass is 258 g/mol. The predicted molar refractivity (Wildman–Crippen MR) is 58.7 cm³/mol. The number of halogens is 2. The van der Waals surface area contributed by atoms with Gasteiger partial charge in [0.25, 0.3) is 0 Å². The van der Waals surface area contributed by atoms with Gasteiger partial charge in [0.05, 0.1) is 0 Å². The molecule has 0 unspecified atom stereocenters. The standard InChI is InChI=1S/C10H8BrClO/c1-7(6-10(12)13)8-4-2-3-5-9(8)11/h2-6H,1H3/b7-6+. The van der Waals surface area contributed by atoms with Crippen LogP contribution in [-0.2, 0) is 4.79 Å². The van der Waals surface area contributed by atoms with Crippen LogP contribution in [-0.4, -0.2) is 5.24 Å². The van der Waals surface area contributed by atoms with Crippen molar-refractivity contribution in [3.05, 3.63) is 40.4 Å². The van der Waals surface area contributed by atoms with Gasteiger partial charge in [0.2, 0.25) is 5.24 Å². The zero-order valence-electron chi connectivity index (χ0n) is 7.05. The van der Waals surface area contributed by atoms with Crippen LogP contribution in [0.1, 0.15) is 12.5 Å². The summed E-state index contributed by atoms with van der Waals surface area (Å²) in [5.74, 6) is 0. The number of carbonyl (C=O) groups excluding carboxylic acids is 1. The highest BCUT2D eigenvalue weighted by atomic mass is 79.9. The quantitative estimate of drug-likeness (QED) is 0.586. The molecular weight excluding hydrogens is 251 g/mol. The molecule has 0 amide bonds. The van der Waals surface area contributed by atoms with Gasteiger partial charge in [0.1, 0.15) is 0 Å². The molecule has 0 aliphatic carbocycles. The Kier molecular flexibility index (Phi) is 3.70. The maximum atomic E-state index is 10.6. The maximum Gasteiger partial charge on any atom is 0.245 e. The van der Waals surface area contributed by atoms with Crippen molar-refractivity contribution in [1.82, 2.24) is 0 Å². The summed E-state index contributed by atoms with van der Waals surface area (Å²) in [4.78, 5) is 10.6. The minimum atomic E-state index is -0.451. The number of hydrogen-bond acceptors (Lipinski definition) is 1. The van der Waals surface area contributed by atoms with E-state index in [-0.39, 0.29) is 0 Å². The molecule has 0 aromatic heterocycles. The number of carbonyl (C=O) groups is 1. The van der Waals surface area contributed by atoms with Crippen molar-refractivity contribution >= 4 is 38.3 Å². The molecule has 1 aromatic rings. The zero-order chi connectivity index (χ0) is 9.84. The van der Waals surface area contributed by atoms with E-state index in [1.807, 2.05) is 31.2 Å². The highest BCUT2D eigenvalue weighted by Crippen LogP contribution is 2.23. The third kappa shape index (κ3) is 2.98. The second-order valence-electron chi connectivity index (χ2n) is 2.61. The van der Waals surface area contributed by atoms with E-state index in [1.54, 1.807) is 0 Å². The molecule has 0 bridgehead atoms. The topological polar surface area (TPSA) is 17.1 Å². The van der Waals surface area contributed by atoms with Gasteiger partial charge in [-0.15, -0.1) is 0 Å². The molecule has 0 aliphatic heterocycles. The highest BCUT2D eigenvalue weighted by Gasteiger charge is 2.01. The average molecular weight is 260 g/mol. The van der Waals surface area contributed by atoms with Crippen molar-refractivity contribution in [2.24, 2.45) is 0 Å². The van der Waals surface area contributed by atoms with E-state index in [2.05, 4.69) is 15.9 Å². The molecule has 0 saturated carbocycles. The van der Waals surface area contributed by atoms with Crippen molar-refractivity contribution in [2.45, 2.75) is 6.92 Å². The van der Waals surface area contributed by atoms with Crippen LogP contribution in [0.2, 0.25) is 0 Å². The molecule has 0 fully saturated rings. The average Bonchev–Trinajstić information content (AvgIpc) is 2.03. The first-order chi connectivity index (χ1) is 6.11. The van der Waals surface area contributed by atoms with Gasteiger partial charge >= 0.3 is 0 Å². The number of hydrogen-bond donors (Lipinski definition) is 0. The summed E-state index contributed by atoms with van der Waals surface area (Å²) in [6, 6.07) is 7.68. The van der Waals surface area contributed by atoms with Gasteiger partial charge in [-0.25, -0.2) is 0 Å². The highest BCUT2D eigenvalue weighted by molar-refractivity contribution is 9.10. The van der Waals surface area contributed by atoms with E-state index < -0.39 is 5.24 Å². The van der Waals surface area contributed by atoms with E-state index in [0.29, 0.717) is 0 Å². The van der Waals surface area contributed by atoms with Crippen LogP contribution in [0, 0.1) is 0 Å². The fourth-order valence-electron chi connectivity index (χ4n) is 1.03. The number of allylic oxidation sites excluding steroid dienone is 2. The Morgan fingerprint density at radius 2 is 2.08 bits per heavy atom. The van der Waals surface area contributed by atoms with E-state index >= 15 is 0 Å². The Bertz CT molecular complexity index is 358. The minimum absolute atomic E-state index is 0.451. The van der Waals surface area contributed by atoms with Crippen molar-refractivity contribution in [3.63, 3.8) is 0 Å². The number of rotatable bonds is 2. The Hall–Kier alpha value is -0.600. The van der Waals surface area contributed by atoms with Crippen molar-refractivity contribution < 1.29 is 4.79 Å². The summed E-state index contributed by atoms with van der Waals surface area (Å²) < 4.78 is 0.960. The lowest BCUT2D eigenvalue weighted by molar-refractivity contribution is -0.107. The molecule has 1 rings (SSSR count). The fourth-order valence-corrected chi connectivity index (χ4v) is 1.79. The lowest BCUT2D eigenvalue weighted by Crippen LogP contribution is -1.84. The summed E-state index contributed by atoms with van der Waals surface area (Å²) in [6.45, 7) is 1.85. The molecule has 0 radical (unpaired) electrons. The first kappa shape index (κ1) is 10.5. The molecule has 1 aromatic carbocycles. The van der Waals surface area contributed by atoms with Crippen molar-refractivity contribution in [1.29, 1.82) is 0 Å². The summed E-state index contributed by atoms with van der Waals surface area (Å²) in [5.41, 5.74) is 1.84. The largest absolute Gasteiger partial charge is 0.276 e. The van der Waals surface area contributed by atoms with Gasteiger partial charge in [0.15, 0.2) is 0 Å². The third-order valence-corrected chi connectivity index (χ3v) is 2.43. The summed E-state index contributed by atoms with van der Waals surface area (Å²) in [5, 5.41) is -0.451. The molecular formula is C10H8BrClO. The van der Waals surface area contributed by atoms with Crippen LogP contribution in [0.3, 0.4) is 0 Å². The van der Waals surface area contributed by atoms with Gasteiger partial charge in [-0.05, 0) is 35.7 Å². The minimum Gasteiger partial charge on any atom is -0.276 e. The predicted octanol–water partition coefficient (Wildman–Crippen LogP) is 3.62. The van der Waals surface area contributed by atoms with Gasteiger partial charge in [-0.2, -0.15) is 0 Å². The van der Waals surface area contributed by atoms with E-state index in [0.717, 1.165) is 15.6 Å². The molecule has 0 saturated heterocycles. The van der Waals surface area contributed by atoms with Gasteiger partial charge in [-0.3, -0.25) is 4.79 Å². The molecule has 68 valence electrons. The van der Waals surface area contributed by atoms with E-state index in [9.17, 15) is 4.79 Å². The molecule has 1 nitrogen and oxygen atoms in total. The van der Waals surface area contributed by atoms with Crippen LogP contribution in [0.15, 0.2) is 34.8 Å². The maximum absolute atomic E-state index is 10.6. The molecule has 3 heteroatoms. The van der Waals surface area contributed by atoms with Crippen molar-refractivity contribution in [2.75, 3.05) is 0 Å². The van der Waals surface area contributed by atoms with Gasteiger partial charge in [0, 0.05) is 10.5 Å². The SMILES string of the molecule is C/C(=C\C(=O)Cl)c1ccccc1Br. The van der Waals surface area contributed by atoms with E-state index in [4.69, 9.17) is 11.6 Å². The third-order valence-electron chi connectivity index (χ3n) is 1.63. The van der Waals surface area contributed by atoms with Crippen molar-refractivity contribution in [3.8, 4) is 0 Å². The lowest BCUT2D eigenvalue weighted by atomic mass is 10.1. The number of benzene rings is 1.